The van der Waals surface area contributed by atoms with Crippen molar-refractivity contribution in [3.05, 3.63) is 47.8 Å². The van der Waals surface area contributed by atoms with Gasteiger partial charge in [0.15, 0.2) is 5.69 Å². The molecule has 3 aliphatic rings. The molecule has 5 rings (SSSR count). The molecule has 1 saturated heterocycles. The first-order valence-corrected chi connectivity index (χ1v) is 9.43. The number of benzene rings is 1. The standard InChI is InChI=1S/C20H20F3N3O/c21-20(22,23)18-7-8-26(24-18)15-5-3-12(4-6-15)19(27)25-10-16-13-1-2-14(9-13)17(16)11-25/h3-8,13-14,16-17H,1-2,9-11H2. The van der Waals surface area contributed by atoms with Crippen LogP contribution in [0.5, 0.6) is 0 Å². The Labute approximate surface area is 155 Å². The highest BCUT2D eigenvalue weighted by Gasteiger charge is 2.52. The number of rotatable bonds is 2. The first-order valence-electron chi connectivity index (χ1n) is 9.43. The average Bonchev–Trinajstić information content (AvgIpc) is 3.42. The van der Waals surface area contributed by atoms with Gasteiger partial charge in [0, 0.05) is 24.8 Å². The summed E-state index contributed by atoms with van der Waals surface area (Å²) in [7, 11) is 0. The minimum absolute atomic E-state index is 0.0202. The molecule has 2 bridgehead atoms. The lowest BCUT2D eigenvalue weighted by molar-refractivity contribution is -0.141. The van der Waals surface area contributed by atoms with Crippen LogP contribution in [0.4, 0.5) is 13.2 Å². The summed E-state index contributed by atoms with van der Waals surface area (Å²) in [5, 5.41) is 3.56. The highest BCUT2D eigenvalue weighted by molar-refractivity contribution is 5.94. The Hall–Kier alpha value is -2.31. The van der Waals surface area contributed by atoms with Crippen molar-refractivity contribution >= 4 is 5.91 Å². The molecule has 1 amide bonds. The number of hydrogen-bond donors (Lipinski definition) is 0. The molecule has 1 aromatic heterocycles. The molecule has 2 saturated carbocycles. The summed E-state index contributed by atoms with van der Waals surface area (Å²) in [6.45, 7) is 1.70. The number of amides is 1. The molecule has 7 heteroatoms. The van der Waals surface area contributed by atoms with E-state index in [0.29, 0.717) is 23.1 Å². The Balaban J connectivity index is 1.31. The van der Waals surface area contributed by atoms with Gasteiger partial charge in [-0.05, 0) is 73.3 Å². The summed E-state index contributed by atoms with van der Waals surface area (Å²) in [5.41, 5.74) is 0.147. The van der Waals surface area contributed by atoms with Gasteiger partial charge in [0.05, 0.1) is 5.69 Å². The number of hydrogen-bond acceptors (Lipinski definition) is 2. The second-order valence-electron chi connectivity index (χ2n) is 8.06. The molecule has 2 aliphatic carbocycles. The van der Waals surface area contributed by atoms with Crippen LogP contribution in [-0.2, 0) is 6.18 Å². The van der Waals surface area contributed by atoms with Gasteiger partial charge in [-0.3, -0.25) is 4.79 Å². The lowest BCUT2D eigenvalue weighted by atomic mass is 9.82. The first kappa shape index (κ1) is 16.8. The largest absolute Gasteiger partial charge is 0.435 e. The Kier molecular flexibility index (Phi) is 3.64. The van der Waals surface area contributed by atoms with E-state index in [1.165, 1.54) is 30.1 Å². The monoisotopic (exact) mass is 375 g/mol. The Bertz CT molecular complexity index is 855. The summed E-state index contributed by atoms with van der Waals surface area (Å²) >= 11 is 0. The van der Waals surface area contributed by atoms with E-state index >= 15 is 0 Å². The average molecular weight is 375 g/mol. The Morgan fingerprint density at radius 1 is 1.00 bits per heavy atom. The number of nitrogens with zero attached hydrogens (tertiary/aromatic N) is 3. The van der Waals surface area contributed by atoms with Crippen LogP contribution in [0.2, 0.25) is 0 Å². The van der Waals surface area contributed by atoms with E-state index < -0.39 is 11.9 Å². The third-order valence-electron chi connectivity index (χ3n) is 6.68. The molecular weight excluding hydrogens is 355 g/mol. The van der Waals surface area contributed by atoms with E-state index in [9.17, 15) is 18.0 Å². The van der Waals surface area contributed by atoms with Gasteiger partial charge in [-0.15, -0.1) is 0 Å². The van der Waals surface area contributed by atoms with Crippen molar-refractivity contribution in [3.8, 4) is 5.69 Å². The lowest BCUT2D eigenvalue weighted by Crippen LogP contribution is -2.30. The highest BCUT2D eigenvalue weighted by Crippen LogP contribution is 2.55. The fourth-order valence-electron chi connectivity index (χ4n) is 5.41. The van der Waals surface area contributed by atoms with Gasteiger partial charge in [0.2, 0.25) is 0 Å². The van der Waals surface area contributed by atoms with Crippen molar-refractivity contribution in [2.45, 2.75) is 25.4 Å². The minimum Gasteiger partial charge on any atom is -0.338 e. The van der Waals surface area contributed by atoms with E-state index in [-0.39, 0.29) is 5.91 Å². The van der Waals surface area contributed by atoms with E-state index in [4.69, 9.17) is 0 Å². The van der Waals surface area contributed by atoms with Crippen LogP contribution < -0.4 is 0 Å². The van der Waals surface area contributed by atoms with Gasteiger partial charge in [-0.1, -0.05) is 0 Å². The molecule has 4 unspecified atom stereocenters. The summed E-state index contributed by atoms with van der Waals surface area (Å²) < 4.78 is 39.2. The lowest BCUT2D eigenvalue weighted by Gasteiger charge is -2.22. The molecule has 0 N–H and O–H groups in total. The van der Waals surface area contributed by atoms with Crippen LogP contribution in [0.3, 0.4) is 0 Å². The topological polar surface area (TPSA) is 38.1 Å². The second-order valence-corrected chi connectivity index (χ2v) is 8.06. The van der Waals surface area contributed by atoms with Crippen molar-refractivity contribution in [3.63, 3.8) is 0 Å². The molecular formula is C20H20F3N3O. The predicted molar refractivity (Wildman–Crippen MR) is 92.3 cm³/mol. The van der Waals surface area contributed by atoms with E-state index in [1.54, 1.807) is 24.3 Å². The summed E-state index contributed by atoms with van der Waals surface area (Å²) in [5.74, 6) is 2.94. The zero-order chi connectivity index (χ0) is 18.8. The molecule has 0 spiro atoms. The molecule has 1 aliphatic heterocycles. The number of carbonyl (C=O) groups is 1. The molecule has 1 aromatic carbocycles. The van der Waals surface area contributed by atoms with Gasteiger partial charge >= 0.3 is 6.18 Å². The third kappa shape index (κ3) is 2.75. The molecule has 2 heterocycles. The SMILES string of the molecule is O=C(c1ccc(-n2ccc(C(F)(F)F)n2)cc1)N1CC2C3CCC(C3)C2C1. The fourth-order valence-corrected chi connectivity index (χ4v) is 5.41. The van der Waals surface area contributed by atoms with E-state index in [1.807, 2.05) is 4.90 Å². The van der Waals surface area contributed by atoms with Crippen LogP contribution >= 0.6 is 0 Å². The molecule has 142 valence electrons. The molecule has 4 nitrogen and oxygen atoms in total. The maximum absolute atomic E-state index is 12.8. The number of fused-ring (bicyclic) bond motifs is 5. The smallest absolute Gasteiger partial charge is 0.338 e. The minimum atomic E-state index is -4.46. The molecule has 3 fully saturated rings. The van der Waals surface area contributed by atoms with Crippen molar-refractivity contribution in [2.24, 2.45) is 23.7 Å². The molecule has 0 radical (unpaired) electrons. The normalized spacial score (nSPS) is 29.4. The van der Waals surface area contributed by atoms with Gasteiger partial charge in [0.25, 0.3) is 5.91 Å². The van der Waals surface area contributed by atoms with Crippen LogP contribution in [0.25, 0.3) is 5.69 Å². The number of aromatic nitrogens is 2. The van der Waals surface area contributed by atoms with Gasteiger partial charge in [0.1, 0.15) is 0 Å². The number of alkyl halides is 3. The molecule has 27 heavy (non-hydrogen) atoms. The number of carbonyl (C=O) groups excluding carboxylic acids is 1. The summed E-state index contributed by atoms with van der Waals surface area (Å²) in [4.78, 5) is 14.8. The fraction of sp³-hybridized carbons (Fsp3) is 0.500. The van der Waals surface area contributed by atoms with Crippen LogP contribution in [0, 0.1) is 23.7 Å². The zero-order valence-electron chi connectivity index (χ0n) is 14.7. The van der Waals surface area contributed by atoms with Crippen molar-refractivity contribution in [2.75, 3.05) is 13.1 Å². The Morgan fingerprint density at radius 3 is 2.19 bits per heavy atom. The van der Waals surface area contributed by atoms with Crippen LogP contribution in [0.15, 0.2) is 36.5 Å². The molecule has 2 aromatic rings. The Morgan fingerprint density at radius 2 is 1.63 bits per heavy atom. The summed E-state index contributed by atoms with van der Waals surface area (Å²) in [6.07, 6.45) is 0.778. The predicted octanol–water partition coefficient (Wildman–Crippen LogP) is 4.01. The van der Waals surface area contributed by atoms with Crippen LogP contribution in [-0.4, -0.2) is 33.7 Å². The van der Waals surface area contributed by atoms with Gasteiger partial charge in [-0.2, -0.15) is 18.3 Å². The van der Waals surface area contributed by atoms with Gasteiger partial charge < -0.3 is 4.90 Å². The molecule has 4 atom stereocenters. The van der Waals surface area contributed by atoms with E-state index in [0.717, 1.165) is 31.0 Å². The number of halogens is 3. The first-order chi connectivity index (χ1) is 12.9. The van der Waals surface area contributed by atoms with Gasteiger partial charge in [-0.25, -0.2) is 4.68 Å². The van der Waals surface area contributed by atoms with E-state index in [2.05, 4.69) is 5.10 Å². The summed E-state index contributed by atoms with van der Waals surface area (Å²) in [6, 6.07) is 7.57. The number of likely N-dealkylation sites (tertiary alicyclic amines) is 1. The van der Waals surface area contributed by atoms with Crippen molar-refractivity contribution in [1.29, 1.82) is 0 Å². The maximum atomic E-state index is 12.8. The third-order valence-corrected chi connectivity index (χ3v) is 6.68. The highest BCUT2D eigenvalue weighted by atomic mass is 19.4. The maximum Gasteiger partial charge on any atom is 0.435 e. The quantitative estimate of drug-likeness (QED) is 0.796. The van der Waals surface area contributed by atoms with Crippen molar-refractivity contribution < 1.29 is 18.0 Å². The zero-order valence-corrected chi connectivity index (χ0v) is 14.7. The second kappa shape index (κ2) is 5.84. The van der Waals surface area contributed by atoms with Crippen LogP contribution in [0.1, 0.15) is 35.3 Å². The van der Waals surface area contributed by atoms with Crippen molar-refractivity contribution in [1.82, 2.24) is 14.7 Å².